The molecule has 1 aromatic heterocycles. The number of carboxylic acids is 1. The van der Waals surface area contributed by atoms with Gasteiger partial charge in [-0.1, -0.05) is 66.5 Å². The molecule has 51 heavy (non-hydrogen) atoms. The fourth-order valence-corrected chi connectivity index (χ4v) is 13.4. The summed E-state index contributed by atoms with van der Waals surface area (Å²) in [4.78, 5) is 31.0. The highest BCUT2D eigenvalue weighted by atomic mass is 32.1. The van der Waals surface area contributed by atoms with E-state index in [4.69, 9.17) is 30.7 Å². The molecule has 5 N–H and O–H groups in total. The molecule has 2 bridgehead atoms. The van der Waals surface area contributed by atoms with Gasteiger partial charge in [-0.15, -0.1) is 11.3 Å². The number of ether oxygens (including phenoxy) is 3. The number of aromatic nitrogens is 1. The summed E-state index contributed by atoms with van der Waals surface area (Å²) < 4.78 is 19.7. The van der Waals surface area contributed by atoms with Crippen LogP contribution in [-0.2, 0) is 30.4 Å². The van der Waals surface area contributed by atoms with Gasteiger partial charge in [0.2, 0.25) is 0 Å². The number of carbonyl (C=O) groups is 2. The molecule has 0 amide bonds. The van der Waals surface area contributed by atoms with Gasteiger partial charge in [0.15, 0.2) is 0 Å². The minimum absolute atomic E-state index is 0.117. The number of allylic oxidation sites excluding steroid dienone is 1. The van der Waals surface area contributed by atoms with E-state index in [1.165, 1.54) is 12.5 Å². The van der Waals surface area contributed by atoms with Crippen molar-refractivity contribution >= 4 is 23.3 Å². The zero-order valence-corrected chi connectivity index (χ0v) is 33.3. The Morgan fingerprint density at radius 1 is 1.10 bits per heavy atom. The lowest BCUT2D eigenvalue weighted by Crippen LogP contribution is -2.70. The lowest BCUT2D eigenvalue weighted by atomic mass is 9.34. The Morgan fingerprint density at radius 3 is 2.51 bits per heavy atom. The third kappa shape index (κ3) is 6.15. The number of nitrogens with zero attached hydrogens (tertiary/aromatic N) is 1. The zero-order valence-electron chi connectivity index (χ0n) is 32.5. The first-order valence-corrected chi connectivity index (χ1v) is 20.6. The van der Waals surface area contributed by atoms with Crippen molar-refractivity contribution in [1.29, 1.82) is 0 Å². The highest BCUT2D eigenvalue weighted by Crippen LogP contribution is 2.75. The van der Waals surface area contributed by atoms with Crippen LogP contribution in [0.15, 0.2) is 17.0 Å². The maximum atomic E-state index is 13.4. The average molecular weight is 728 g/mol. The van der Waals surface area contributed by atoms with E-state index in [-0.39, 0.29) is 57.0 Å². The molecule has 2 heterocycles. The summed E-state index contributed by atoms with van der Waals surface area (Å²) in [7, 11) is 0. The third-order valence-corrected chi connectivity index (χ3v) is 16.7. The molecular formula is C41H65N3O6S. The van der Waals surface area contributed by atoms with Crippen LogP contribution in [0.5, 0.6) is 0 Å². The first-order valence-electron chi connectivity index (χ1n) is 19.7. The molecule has 3 saturated carbocycles. The predicted molar refractivity (Wildman–Crippen MR) is 200 cm³/mol. The molecule has 10 heteroatoms. The van der Waals surface area contributed by atoms with E-state index in [2.05, 4.69) is 54.5 Å². The number of carboxylic acid groups (broad SMARTS) is 1. The molecule has 1 aliphatic heterocycles. The zero-order chi connectivity index (χ0) is 37.1. The van der Waals surface area contributed by atoms with Gasteiger partial charge in [0.25, 0.3) is 0 Å². The minimum Gasteiger partial charge on any atom is -0.481 e. The maximum Gasteiger partial charge on any atom is 0.307 e. The lowest BCUT2D eigenvalue weighted by Gasteiger charge is -2.71. The Morgan fingerprint density at radius 2 is 1.84 bits per heavy atom. The van der Waals surface area contributed by atoms with E-state index in [0.29, 0.717) is 44.6 Å². The van der Waals surface area contributed by atoms with Gasteiger partial charge >= 0.3 is 11.9 Å². The lowest BCUT2D eigenvalue weighted by molar-refractivity contribution is -0.269. The molecule has 0 spiro atoms. The van der Waals surface area contributed by atoms with Crippen molar-refractivity contribution < 1.29 is 28.9 Å². The Labute approximate surface area is 310 Å². The number of fused-ring (bicyclic) bond motifs is 3. The van der Waals surface area contributed by atoms with Gasteiger partial charge in [0.1, 0.15) is 17.2 Å². The second-order valence-electron chi connectivity index (χ2n) is 18.5. The number of nitrogens with two attached hydrogens (primary N) is 2. The van der Waals surface area contributed by atoms with Crippen LogP contribution < -0.4 is 11.5 Å². The number of aliphatic carboxylic acids is 1. The van der Waals surface area contributed by atoms with Crippen LogP contribution in [0.3, 0.4) is 0 Å². The Balaban J connectivity index is 1.32. The van der Waals surface area contributed by atoms with E-state index in [1.807, 2.05) is 5.38 Å². The number of thiazole rings is 1. The van der Waals surface area contributed by atoms with Crippen LogP contribution in [0.2, 0.25) is 0 Å². The van der Waals surface area contributed by atoms with Gasteiger partial charge in [0.05, 0.1) is 37.5 Å². The Kier molecular flexibility index (Phi) is 10.7. The minimum atomic E-state index is -0.649. The number of rotatable bonds is 12. The number of hydrogen-bond acceptors (Lipinski definition) is 9. The predicted octanol–water partition coefficient (Wildman–Crippen LogP) is 7.68. The Hall–Kier alpha value is -1.85. The summed E-state index contributed by atoms with van der Waals surface area (Å²) in [5.74, 6) is -0.153. The highest BCUT2D eigenvalue weighted by Gasteiger charge is 2.72. The first-order chi connectivity index (χ1) is 24.0. The summed E-state index contributed by atoms with van der Waals surface area (Å²) in [6, 6.07) is -0.117. The second kappa shape index (κ2) is 14.1. The normalized spacial score (nSPS) is 41.5. The van der Waals surface area contributed by atoms with Crippen LogP contribution in [0.4, 0.5) is 0 Å². The van der Waals surface area contributed by atoms with Crippen molar-refractivity contribution in [2.75, 3.05) is 19.8 Å². The van der Waals surface area contributed by atoms with Crippen LogP contribution in [-0.4, -0.2) is 54.0 Å². The van der Waals surface area contributed by atoms with Crippen LogP contribution in [0.25, 0.3) is 0 Å². The molecule has 0 radical (unpaired) electrons. The molecule has 286 valence electrons. The smallest absolute Gasteiger partial charge is 0.307 e. The van der Waals surface area contributed by atoms with Crippen molar-refractivity contribution in [1.82, 2.24) is 4.98 Å². The van der Waals surface area contributed by atoms with Gasteiger partial charge in [-0.25, -0.2) is 4.98 Å². The molecule has 4 fully saturated rings. The molecule has 1 aromatic rings. The topological polar surface area (TPSA) is 147 Å². The fourth-order valence-electron chi connectivity index (χ4n) is 12.6. The van der Waals surface area contributed by atoms with E-state index >= 15 is 0 Å². The average Bonchev–Trinajstić information content (AvgIpc) is 3.53. The fraction of sp³-hybridized carbons (Fsp3) is 0.829. The molecule has 12 atom stereocenters. The van der Waals surface area contributed by atoms with Crippen molar-refractivity contribution in [2.24, 2.45) is 68.1 Å². The van der Waals surface area contributed by atoms with Crippen LogP contribution in [0, 0.1) is 56.7 Å². The summed E-state index contributed by atoms with van der Waals surface area (Å²) in [5.41, 5.74) is 12.9. The summed E-state index contributed by atoms with van der Waals surface area (Å²) >= 11 is 1.57. The quantitative estimate of drug-likeness (QED) is 0.112. The van der Waals surface area contributed by atoms with Gasteiger partial charge in [-0.05, 0) is 97.8 Å². The number of esters is 1. The molecule has 1 saturated heterocycles. The maximum absolute atomic E-state index is 13.4. The molecule has 0 aromatic carbocycles. The standard InChI is InChI=1S/C41H65N3O6S/c1-24(2)25(3)37(5)16-17-39(7)28-12-13-32-38(6)22-48-23-41(32,29(28)14-15-40(39,8)33(37)36(46)47)19-31(50-26(4)45)34(38)49-20-27-21-51-35(44-27)30(43)11-9-10-18-42/h14,21,24-25,28,30-34H,9-13,15-20,22-23,42-43H2,1-8H3,(H,46,47)/t25-,28+,30+,31-,32?,33-,34+,37-,38?,39-,40+,41+/m1/s1. The highest BCUT2D eigenvalue weighted by molar-refractivity contribution is 7.09. The molecule has 6 rings (SSSR count). The SMILES string of the molecule is CC(=O)O[C@@H]1C[C@@]23COCC(C)(C2CC[C@H]2C3=CC[C@@]3(C)[C@H](C(=O)O)[C@@](C)([C@H](C)C(C)C)CC[C@]23C)[C@H]1OCc1csc([C@@H](N)CCCCN)n1. The first kappa shape index (κ1) is 38.9. The van der Waals surface area contributed by atoms with Gasteiger partial charge in [-0.2, -0.15) is 0 Å². The summed E-state index contributed by atoms with van der Waals surface area (Å²) in [6.45, 7) is 19.6. The van der Waals surface area contributed by atoms with Crippen molar-refractivity contribution in [3.8, 4) is 0 Å². The molecule has 5 aliphatic rings. The largest absolute Gasteiger partial charge is 0.481 e. The summed E-state index contributed by atoms with van der Waals surface area (Å²) in [5, 5.41) is 14.0. The van der Waals surface area contributed by atoms with Crippen molar-refractivity contribution in [3.63, 3.8) is 0 Å². The second-order valence-corrected chi connectivity index (χ2v) is 19.4. The Bertz CT molecular complexity index is 1500. The number of carbonyl (C=O) groups excluding carboxylic acids is 1. The van der Waals surface area contributed by atoms with Crippen molar-refractivity contribution in [3.05, 3.63) is 27.7 Å². The van der Waals surface area contributed by atoms with Crippen LogP contribution >= 0.6 is 11.3 Å². The summed E-state index contributed by atoms with van der Waals surface area (Å²) in [6.07, 6.45) is 9.76. The van der Waals surface area contributed by atoms with E-state index < -0.39 is 18.0 Å². The monoisotopic (exact) mass is 727 g/mol. The van der Waals surface area contributed by atoms with E-state index in [0.717, 1.165) is 62.1 Å². The van der Waals surface area contributed by atoms with Crippen LogP contribution in [0.1, 0.15) is 130 Å². The molecule has 4 aliphatic carbocycles. The molecule has 2 unspecified atom stereocenters. The molecular weight excluding hydrogens is 663 g/mol. The number of hydrogen-bond donors (Lipinski definition) is 3. The van der Waals surface area contributed by atoms with Crippen molar-refractivity contribution in [2.45, 2.75) is 138 Å². The number of unbranched alkanes of at least 4 members (excludes halogenated alkanes) is 1. The third-order valence-electron chi connectivity index (χ3n) is 15.7. The van der Waals surface area contributed by atoms with Gasteiger partial charge in [-0.3, -0.25) is 9.59 Å². The van der Waals surface area contributed by atoms with Gasteiger partial charge in [0, 0.05) is 23.1 Å². The van der Waals surface area contributed by atoms with Gasteiger partial charge < -0.3 is 30.8 Å². The van der Waals surface area contributed by atoms with E-state index in [1.54, 1.807) is 11.3 Å². The van der Waals surface area contributed by atoms with E-state index in [9.17, 15) is 14.7 Å². The molecule has 9 nitrogen and oxygen atoms in total.